The molecule has 1 heterocycles. The normalized spacial score (nSPS) is 10.5. The van der Waals surface area contributed by atoms with Crippen molar-refractivity contribution in [3.8, 4) is 5.75 Å². The molecule has 6 heteroatoms. The third-order valence-electron chi connectivity index (χ3n) is 2.67. The Hall–Kier alpha value is -2.60. The van der Waals surface area contributed by atoms with Crippen LogP contribution in [0, 0.1) is 0 Å². The number of nitrogens with one attached hydrogen (secondary N) is 1. The summed E-state index contributed by atoms with van der Waals surface area (Å²) >= 11 is 1.43. The lowest BCUT2D eigenvalue weighted by Crippen LogP contribution is -2.11. The largest absolute Gasteiger partial charge is 0.495 e. The molecule has 0 spiro atoms. The molecule has 0 aliphatic rings. The molecule has 0 fully saturated rings. The van der Waals surface area contributed by atoms with Gasteiger partial charge >= 0.3 is 5.97 Å². The van der Waals surface area contributed by atoms with E-state index in [1.807, 2.05) is 5.38 Å². The third-order valence-corrected chi connectivity index (χ3v) is 3.36. The Kier molecular flexibility index (Phi) is 4.73. The zero-order valence-corrected chi connectivity index (χ0v) is 12.0. The van der Waals surface area contributed by atoms with Gasteiger partial charge in [0.2, 0.25) is 0 Å². The molecule has 0 radical (unpaired) electrons. The standard InChI is InChI=1S/C15H13NO4S/c1-20-13-4-2-10(3-5-14(17)18)8-12(13)16-15(19)11-6-7-21-9-11/h2-9H,1H3,(H,16,19)(H,17,18). The summed E-state index contributed by atoms with van der Waals surface area (Å²) < 4.78 is 5.19. The van der Waals surface area contributed by atoms with Gasteiger partial charge < -0.3 is 15.2 Å². The van der Waals surface area contributed by atoms with Gasteiger partial charge in [-0.25, -0.2) is 4.79 Å². The highest BCUT2D eigenvalue weighted by Crippen LogP contribution is 2.26. The highest BCUT2D eigenvalue weighted by atomic mass is 32.1. The van der Waals surface area contributed by atoms with Gasteiger partial charge in [0.25, 0.3) is 5.91 Å². The van der Waals surface area contributed by atoms with E-state index in [1.54, 1.807) is 29.6 Å². The Morgan fingerprint density at radius 1 is 1.33 bits per heavy atom. The molecular formula is C15H13NO4S. The Morgan fingerprint density at radius 2 is 2.14 bits per heavy atom. The van der Waals surface area contributed by atoms with Gasteiger partial charge in [0.1, 0.15) is 5.75 Å². The summed E-state index contributed by atoms with van der Waals surface area (Å²) in [5.41, 5.74) is 1.70. The van der Waals surface area contributed by atoms with Gasteiger partial charge in [-0.1, -0.05) is 6.07 Å². The van der Waals surface area contributed by atoms with Crippen LogP contribution < -0.4 is 10.1 Å². The molecule has 1 aromatic carbocycles. The first kappa shape index (κ1) is 14.8. The summed E-state index contributed by atoms with van der Waals surface area (Å²) in [6.45, 7) is 0. The van der Waals surface area contributed by atoms with Crippen LogP contribution in [-0.2, 0) is 4.79 Å². The van der Waals surface area contributed by atoms with Crippen LogP contribution in [0.25, 0.3) is 6.08 Å². The highest BCUT2D eigenvalue weighted by molar-refractivity contribution is 7.08. The molecule has 1 amide bonds. The molecule has 0 aliphatic carbocycles. The number of aliphatic carboxylic acids is 1. The van der Waals surface area contributed by atoms with Crippen LogP contribution in [0.1, 0.15) is 15.9 Å². The summed E-state index contributed by atoms with van der Waals surface area (Å²) in [4.78, 5) is 22.6. The molecule has 0 bridgehead atoms. The van der Waals surface area contributed by atoms with Crippen LogP contribution >= 0.6 is 11.3 Å². The average Bonchev–Trinajstić information content (AvgIpc) is 2.99. The maximum Gasteiger partial charge on any atom is 0.328 e. The predicted molar refractivity (Wildman–Crippen MR) is 81.9 cm³/mol. The monoisotopic (exact) mass is 303 g/mol. The second kappa shape index (κ2) is 6.71. The molecule has 108 valence electrons. The molecule has 2 N–H and O–H groups in total. The number of ether oxygens (including phenoxy) is 1. The number of carbonyl (C=O) groups is 2. The van der Waals surface area contributed by atoms with Crippen molar-refractivity contribution in [2.24, 2.45) is 0 Å². The maximum absolute atomic E-state index is 12.0. The van der Waals surface area contributed by atoms with E-state index in [0.717, 1.165) is 6.08 Å². The van der Waals surface area contributed by atoms with Crippen molar-refractivity contribution in [3.05, 3.63) is 52.2 Å². The number of anilines is 1. The van der Waals surface area contributed by atoms with Gasteiger partial charge in [-0.2, -0.15) is 11.3 Å². The van der Waals surface area contributed by atoms with E-state index in [1.165, 1.54) is 24.5 Å². The van der Waals surface area contributed by atoms with E-state index < -0.39 is 5.97 Å². The van der Waals surface area contributed by atoms with Crippen LogP contribution in [0.5, 0.6) is 5.75 Å². The van der Waals surface area contributed by atoms with Crippen molar-refractivity contribution < 1.29 is 19.4 Å². The fourth-order valence-electron chi connectivity index (χ4n) is 1.68. The molecule has 0 unspecified atom stereocenters. The highest BCUT2D eigenvalue weighted by Gasteiger charge is 2.10. The van der Waals surface area contributed by atoms with Crippen molar-refractivity contribution >= 4 is 35.0 Å². The summed E-state index contributed by atoms with van der Waals surface area (Å²) in [5.74, 6) is -0.769. The Morgan fingerprint density at radius 3 is 2.76 bits per heavy atom. The van der Waals surface area contributed by atoms with E-state index >= 15 is 0 Å². The van der Waals surface area contributed by atoms with Crippen molar-refractivity contribution in [2.75, 3.05) is 12.4 Å². The fraction of sp³-hybridized carbons (Fsp3) is 0.0667. The summed E-state index contributed by atoms with van der Waals surface area (Å²) in [7, 11) is 1.50. The minimum Gasteiger partial charge on any atom is -0.495 e. The first-order valence-corrected chi connectivity index (χ1v) is 6.97. The topological polar surface area (TPSA) is 75.6 Å². The van der Waals surface area contributed by atoms with E-state index in [2.05, 4.69) is 5.32 Å². The number of carbonyl (C=O) groups excluding carboxylic acids is 1. The number of amides is 1. The fourth-order valence-corrected chi connectivity index (χ4v) is 2.32. The Balaban J connectivity index is 2.25. The minimum atomic E-state index is -1.03. The lowest BCUT2D eigenvalue weighted by molar-refractivity contribution is -0.131. The summed E-state index contributed by atoms with van der Waals surface area (Å²) in [6.07, 6.45) is 2.48. The van der Waals surface area contributed by atoms with Crippen LogP contribution in [-0.4, -0.2) is 24.1 Å². The number of benzene rings is 1. The molecule has 0 saturated heterocycles. The minimum absolute atomic E-state index is 0.242. The second-order valence-corrected chi connectivity index (χ2v) is 4.88. The van der Waals surface area contributed by atoms with Gasteiger partial charge in [0.05, 0.1) is 18.4 Å². The van der Waals surface area contributed by atoms with E-state index in [4.69, 9.17) is 9.84 Å². The van der Waals surface area contributed by atoms with Crippen molar-refractivity contribution in [1.29, 1.82) is 0 Å². The summed E-state index contributed by atoms with van der Waals surface area (Å²) in [5, 5.41) is 15.0. The van der Waals surface area contributed by atoms with Gasteiger partial charge in [0, 0.05) is 11.5 Å². The van der Waals surface area contributed by atoms with Gasteiger partial charge in [-0.05, 0) is 35.2 Å². The zero-order valence-electron chi connectivity index (χ0n) is 11.2. The quantitative estimate of drug-likeness (QED) is 0.832. The lowest BCUT2D eigenvalue weighted by Gasteiger charge is -2.10. The molecule has 2 rings (SSSR count). The van der Waals surface area contributed by atoms with Crippen molar-refractivity contribution in [1.82, 2.24) is 0 Å². The molecular weight excluding hydrogens is 290 g/mol. The number of carboxylic acid groups (broad SMARTS) is 1. The third kappa shape index (κ3) is 3.93. The average molecular weight is 303 g/mol. The lowest BCUT2D eigenvalue weighted by atomic mass is 10.1. The molecule has 0 aliphatic heterocycles. The number of methoxy groups -OCH3 is 1. The number of rotatable bonds is 5. The number of carboxylic acids is 1. The van der Waals surface area contributed by atoms with E-state index in [-0.39, 0.29) is 5.91 Å². The van der Waals surface area contributed by atoms with Crippen LogP contribution in [0.4, 0.5) is 5.69 Å². The van der Waals surface area contributed by atoms with Gasteiger partial charge in [-0.3, -0.25) is 4.79 Å². The number of thiophene rings is 1. The first-order valence-electron chi connectivity index (χ1n) is 6.03. The second-order valence-electron chi connectivity index (χ2n) is 4.10. The number of hydrogen-bond acceptors (Lipinski definition) is 4. The van der Waals surface area contributed by atoms with Crippen LogP contribution in [0.2, 0.25) is 0 Å². The Labute approximate surface area is 125 Å². The Bertz CT molecular complexity index is 677. The van der Waals surface area contributed by atoms with E-state index in [0.29, 0.717) is 22.6 Å². The SMILES string of the molecule is COc1ccc(C=CC(=O)O)cc1NC(=O)c1ccsc1. The number of hydrogen-bond donors (Lipinski definition) is 2. The first-order chi connectivity index (χ1) is 10.1. The molecule has 2 aromatic rings. The predicted octanol–water partition coefficient (Wildman–Crippen LogP) is 3.11. The van der Waals surface area contributed by atoms with Crippen molar-refractivity contribution in [3.63, 3.8) is 0 Å². The van der Waals surface area contributed by atoms with Crippen molar-refractivity contribution in [2.45, 2.75) is 0 Å². The van der Waals surface area contributed by atoms with Crippen LogP contribution in [0.15, 0.2) is 41.1 Å². The smallest absolute Gasteiger partial charge is 0.328 e. The molecule has 0 atom stereocenters. The van der Waals surface area contributed by atoms with E-state index in [9.17, 15) is 9.59 Å². The van der Waals surface area contributed by atoms with Crippen LogP contribution in [0.3, 0.4) is 0 Å². The zero-order chi connectivity index (χ0) is 15.2. The molecule has 21 heavy (non-hydrogen) atoms. The summed E-state index contributed by atoms with van der Waals surface area (Å²) in [6, 6.07) is 6.76. The van der Waals surface area contributed by atoms with Gasteiger partial charge in [0.15, 0.2) is 0 Å². The van der Waals surface area contributed by atoms with Gasteiger partial charge in [-0.15, -0.1) is 0 Å². The molecule has 1 aromatic heterocycles. The molecule has 5 nitrogen and oxygen atoms in total. The maximum atomic E-state index is 12.0. The molecule has 0 saturated carbocycles.